The topological polar surface area (TPSA) is 105 Å². The van der Waals surface area contributed by atoms with Gasteiger partial charge in [0, 0.05) is 18.7 Å². The quantitative estimate of drug-likeness (QED) is 0.506. The third-order valence-electron chi connectivity index (χ3n) is 5.71. The van der Waals surface area contributed by atoms with E-state index < -0.39 is 16.9 Å². The first-order chi connectivity index (χ1) is 16.4. The van der Waals surface area contributed by atoms with E-state index in [0.29, 0.717) is 24.5 Å². The normalized spacial score (nSPS) is 17.6. The molecule has 1 atom stereocenters. The van der Waals surface area contributed by atoms with Crippen molar-refractivity contribution in [3.8, 4) is 0 Å². The zero-order chi connectivity index (χ0) is 24.2. The summed E-state index contributed by atoms with van der Waals surface area (Å²) in [6.45, 7) is 8.20. The molecule has 1 aliphatic heterocycles. The fourth-order valence-electron chi connectivity index (χ4n) is 4.25. The third-order valence-corrected chi connectivity index (χ3v) is 5.71. The number of imidazole rings is 1. The van der Waals surface area contributed by atoms with E-state index in [-0.39, 0.29) is 22.8 Å². The number of rotatable bonds is 6. The van der Waals surface area contributed by atoms with Crippen LogP contribution in [0.2, 0.25) is 0 Å². The van der Waals surface area contributed by atoms with E-state index in [4.69, 9.17) is 9.72 Å². The van der Waals surface area contributed by atoms with Gasteiger partial charge in [-0.05, 0) is 42.2 Å². The molecule has 180 valence electrons. The summed E-state index contributed by atoms with van der Waals surface area (Å²) in [5, 5.41) is 3.66. The molecule has 1 aromatic carbocycles. The smallest absolute Gasteiger partial charge is 0.272 e. The van der Waals surface area contributed by atoms with Crippen molar-refractivity contribution in [3.05, 3.63) is 84.3 Å². The van der Waals surface area contributed by atoms with Gasteiger partial charge in [0.2, 0.25) is 0 Å². The van der Waals surface area contributed by atoms with E-state index in [1.807, 2.05) is 0 Å². The van der Waals surface area contributed by atoms with Crippen molar-refractivity contribution in [1.82, 2.24) is 24.8 Å². The van der Waals surface area contributed by atoms with Crippen LogP contribution in [-0.4, -0.2) is 39.3 Å². The maximum atomic E-state index is 13.5. The van der Waals surface area contributed by atoms with Crippen LogP contribution in [0.3, 0.4) is 0 Å². The van der Waals surface area contributed by atoms with Crippen molar-refractivity contribution < 1.29 is 9.13 Å². The van der Waals surface area contributed by atoms with E-state index in [1.54, 1.807) is 18.2 Å². The van der Waals surface area contributed by atoms with Gasteiger partial charge < -0.3 is 19.3 Å². The average molecular weight is 468 g/mol. The van der Waals surface area contributed by atoms with Crippen molar-refractivity contribution in [2.75, 3.05) is 19.8 Å². The molecule has 1 aliphatic rings. The highest BCUT2D eigenvalue weighted by Gasteiger charge is 2.25. The lowest BCUT2D eigenvalue weighted by molar-refractivity contribution is 0.0508. The summed E-state index contributed by atoms with van der Waals surface area (Å²) in [6, 6.07) is 5.80. The van der Waals surface area contributed by atoms with E-state index in [0.717, 1.165) is 30.9 Å². The number of hydrogen-bond donors (Lipinski definition) is 3. The van der Waals surface area contributed by atoms with Gasteiger partial charge in [-0.3, -0.25) is 14.9 Å². The van der Waals surface area contributed by atoms with Gasteiger partial charge in [0.25, 0.3) is 11.1 Å². The Morgan fingerprint density at radius 2 is 1.94 bits per heavy atom. The van der Waals surface area contributed by atoms with E-state index in [1.165, 1.54) is 18.2 Å². The Balaban J connectivity index is 1.85. The highest BCUT2D eigenvalue weighted by atomic mass is 19.1. The van der Waals surface area contributed by atoms with Crippen LogP contribution in [0.15, 0.2) is 33.9 Å². The largest absolute Gasteiger partial charge is 0.377 e. The van der Waals surface area contributed by atoms with Crippen LogP contribution in [0.1, 0.15) is 62.1 Å². The second-order valence-electron chi connectivity index (χ2n) is 8.70. The van der Waals surface area contributed by atoms with Crippen LogP contribution >= 0.6 is 0 Å². The molecule has 0 amide bonds. The maximum Gasteiger partial charge on any atom is 0.272 e. The fraction of sp³-hybridized carbons (Fsp3) is 0.400. The Hall–Kier alpha value is -3.30. The highest BCUT2D eigenvalue weighted by Crippen LogP contribution is 2.26. The minimum Gasteiger partial charge on any atom is -0.377 e. The first-order valence-corrected chi connectivity index (χ1v) is 11.6. The first-order valence-electron chi connectivity index (χ1n) is 11.6. The number of H-pyrrole nitrogens is 2. The van der Waals surface area contributed by atoms with Gasteiger partial charge in [-0.1, -0.05) is 32.9 Å². The Morgan fingerprint density at radius 3 is 2.56 bits per heavy atom. The molecule has 3 N–H and O–H groups in total. The van der Waals surface area contributed by atoms with Crippen LogP contribution in [0.5, 0.6) is 0 Å². The van der Waals surface area contributed by atoms with Gasteiger partial charge in [0.05, 0.1) is 18.9 Å². The Labute approximate surface area is 196 Å². The molecule has 0 aliphatic carbocycles. The van der Waals surface area contributed by atoms with Gasteiger partial charge >= 0.3 is 0 Å². The molecular weight excluding hydrogens is 437 g/mol. The Bertz CT molecular complexity index is 1400. The van der Waals surface area contributed by atoms with Gasteiger partial charge in [-0.2, -0.15) is 0 Å². The molecule has 1 fully saturated rings. The number of halogens is 1. The van der Waals surface area contributed by atoms with Gasteiger partial charge in [0.1, 0.15) is 28.5 Å². The predicted octanol–water partition coefficient (Wildman–Crippen LogP) is 1.25. The number of aryl methyl sites for hydroxylation is 1. The summed E-state index contributed by atoms with van der Waals surface area (Å²) in [4.78, 5) is 35.7. The molecule has 3 heterocycles. The molecule has 0 radical (unpaired) electrons. The van der Waals surface area contributed by atoms with Crippen molar-refractivity contribution in [2.24, 2.45) is 0 Å². The molecule has 1 unspecified atom stereocenters. The van der Waals surface area contributed by atoms with Crippen molar-refractivity contribution >= 4 is 12.2 Å². The Morgan fingerprint density at radius 1 is 1.21 bits per heavy atom. The summed E-state index contributed by atoms with van der Waals surface area (Å²) in [7, 11) is 0. The first kappa shape index (κ1) is 23.8. The lowest BCUT2D eigenvalue weighted by Crippen LogP contribution is -2.46. The molecule has 4 rings (SSSR count). The summed E-state index contributed by atoms with van der Waals surface area (Å²) in [5.41, 5.74) is 1.17. The van der Waals surface area contributed by atoms with E-state index in [2.05, 4.69) is 40.6 Å². The van der Waals surface area contributed by atoms with Crippen molar-refractivity contribution in [2.45, 2.75) is 45.7 Å². The van der Waals surface area contributed by atoms with E-state index >= 15 is 0 Å². The van der Waals surface area contributed by atoms with Gasteiger partial charge in [-0.25, -0.2) is 9.37 Å². The van der Waals surface area contributed by atoms with Crippen LogP contribution in [0.25, 0.3) is 12.2 Å². The van der Waals surface area contributed by atoms with Gasteiger partial charge in [-0.15, -0.1) is 0 Å². The summed E-state index contributed by atoms with van der Waals surface area (Å²) in [5.74, 6) is 0.616. The minimum absolute atomic E-state index is 0.0390. The van der Waals surface area contributed by atoms with E-state index in [9.17, 15) is 14.0 Å². The third kappa shape index (κ3) is 5.10. The average Bonchev–Trinajstić information content (AvgIpc) is 3.16. The zero-order valence-corrected chi connectivity index (χ0v) is 19.7. The summed E-state index contributed by atoms with van der Waals surface area (Å²) in [6.07, 6.45) is 4.73. The zero-order valence-electron chi connectivity index (χ0n) is 19.7. The van der Waals surface area contributed by atoms with Crippen LogP contribution in [0.4, 0.5) is 4.39 Å². The number of nitrogens with one attached hydrogen (secondary N) is 3. The number of aromatic nitrogens is 4. The molecule has 34 heavy (non-hydrogen) atoms. The SMILES string of the molecule is CCCc1nc(/C=c2\[nH]c(=O)/c(=C/c3cccc(F)c3)[nH]c2=O)c(C(C)C)n1C1COCCN1. The second kappa shape index (κ2) is 10.3. The number of ether oxygens (including phenoxy) is 1. The fourth-order valence-corrected chi connectivity index (χ4v) is 4.25. The van der Waals surface area contributed by atoms with Crippen LogP contribution < -0.4 is 27.1 Å². The summed E-state index contributed by atoms with van der Waals surface area (Å²) < 4.78 is 21.3. The second-order valence-corrected chi connectivity index (χ2v) is 8.70. The molecular formula is C25H30FN5O3. The van der Waals surface area contributed by atoms with Crippen LogP contribution in [-0.2, 0) is 11.2 Å². The molecule has 2 aromatic heterocycles. The highest BCUT2D eigenvalue weighted by molar-refractivity contribution is 5.50. The number of aromatic amines is 2. The standard InChI is InChI=1S/C25H30FN5O3/c1-4-6-21-28-18(23(15(2)3)31(21)22-14-34-10-9-27-22)13-20-25(33)29-19(24(32)30-20)12-16-7-5-8-17(26)11-16/h5,7-8,11-13,15,22,27H,4,6,9-10,14H2,1-3H3,(H,29,33)(H,30,32)/b19-12-,20-13-. The minimum atomic E-state index is -0.475. The summed E-state index contributed by atoms with van der Waals surface area (Å²) >= 11 is 0. The maximum absolute atomic E-state index is 13.5. The molecule has 9 heteroatoms. The van der Waals surface area contributed by atoms with Crippen LogP contribution in [0, 0.1) is 5.82 Å². The lowest BCUT2D eigenvalue weighted by atomic mass is 10.1. The molecule has 8 nitrogen and oxygen atoms in total. The number of hydrogen-bond acceptors (Lipinski definition) is 5. The van der Waals surface area contributed by atoms with Crippen molar-refractivity contribution in [1.29, 1.82) is 0 Å². The molecule has 1 saturated heterocycles. The number of benzene rings is 1. The Kier molecular flexibility index (Phi) is 7.23. The number of nitrogens with zero attached hydrogens (tertiary/aromatic N) is 2. The molecule has 0 bridgehead atoms. The molecule has 0 spiro atoms. The monoisotopic (exact) mass is 467 g/mol. The predicted molar refractivity (Wildman–Crippen MR) is 129 cm³/mol. The number of morpholine rings is 1. The molecule has 0 saturated carbocycles. The van der Waals surface area contributed by atoms with Crippen molar-refractivity contribution in [3.63, 3.8) is 0 Å². The van der Waals surface area contributed by atoms with Gasteiger partial charge in [0.15, 0.2) is 0 Å². The molecule has 3 aromatic rings. The lowest BCUT2D eigenvalue weighted by Gasteiger charge is -2.29.